The SMILES string of the molecule is CCO[PH](=O)OCC.COCc1cc(NC(=O)C(F)(F)F)cc(OC)c1. The van der Waals surface area contributed by atoms with Crippen LogP contribution >= 0.6 is 8.25 Å². The highest BCUT2D eigenvalue weighted by Crippen LogP contribution is 2.24. The number of rotatable bonds is 8. The van der Waals surface area contributed by atoms with Gasteiger partial charge in [0.1, 0.15) is 5.75 Å². The van der Waals surface area contributed by atoms with E-state index in [0.29, 0.717) is 24.5 Å². The summed E-state index contributed by atoms with van der Waals surface area (Å²) in [6, 6.07) is 4.28. The molecule has 0 saturated carbocycles. The summed E-state index contributed by atoms with van der Waals surface area (Å²) < 4.78 is 65.7. The van der Waals surface area contributed by atoms with Crippen LogP contribution in [0.25, 0.3) is 0 Å². The molecule has 0 unspecified atom stereocenters. The standard InChI is InChI=1S/C11H12F3NO3.C4H11O3P/c1-17-6-7-3-8(5-9(4-7)18-2)15-10(16)11(12,13)14;1-3-6-8(5)7-4-2/h3-5H,6H2,1-2H3,(H,15,16);8H,3-4H2,1-2H3. The van der Waals surface area contributed by atoms with Crippen LogP contribution in [0.4, 0.5) is 18.9 Å². The second-order valence-corrected chi connectivity index (χ2v) is 5.65. The molecule has 11 heteroatoms. The minimum Gasteiger partial charge on any atom is -0.497 e. The van der Waals surface area contributed by atoms with Gasteiger partial charge in [0.25, 0.3) is 0 Å². The van der Waals surface area contributed by atoms with E-state index < -0.39 is 20.3 Å². The normalized spacial score (nSPS) is 10.9. The molecule has 1 N–H and O–H groups in total. The maximum Gasteiger partial charge on any atom is 0.471 e. The second-order valence-electron chi connectivity index (χ2n) is 4.57. The predicted octanol–water partition coefficient (Wildman–Crippen LogP) is 3.79. The Hall–Kier alpha value is -1.61. The van der Waals surface area contributed by atoms with E-state index in [4.69, 9.17) is 9.47 Å². The fraction of sp³-hybridized carbons (Fsp3) is 0.533. The number of hydrogen-bond donors (Lipinski definition) is 1. The van der Waals surface area contributed by atoms with Gasteiger partial charge in [-0.3, -0.25) is 9.36 Å². The molecule has 0 aliphatic rings. The van der Waals surface area contributed by atoms with Gasteiger partial charge in [-0.2, -0.15) is 13.2 Å². The van der Waals surface area contributed by atoms with Gasteiger partial charge in [-0.05, 0) is 31.5 Å². The average molecular weight is 401 g/mol. The molecule has 1 rings (SSSR count). The Labute approximate surface area is 150 Å². The summed E-state index contributed by atoms with van der Waals surface area (Å²) in [4.78, 5) is 10.8. The van der Waals surface area contributed by atoms with Crippen LogP contribution in [0.5, 0.6) is 5.75 Å². The third kappa shape index (κ3) is 10.4. The molecule has 26 heavy (non-hydrogen) atoms. The number of alkyl halides is 3. The van der Waals surface area contributed by atoms with Crippen molar-refractivity contribution in [3.8, 4) is 5.75 Å². The molecule has 0 atom stereocenters. The van der Waals surface area contributed by atoms with E-state index in [2.05, 4.69) is 9.05 Å². The number of nitrogens with one attached hydrogen (secondary N) is 1. The highest BCUT2D eigenvalue weighted by molar-refractivity contribution is 7.33. The van der Waals surface area contributed by atoms with Crippen LogP contribution in [-0.4, -0.2) is 39.5 Å². The molecular formula is C15H23F3NO6P. The highest BCUT2D eigenvalue weighted by atomic mass is 31.1. The van der Waals surface area contributed by atoms with Crippen molar-refractivity contribution in [2.45, 2.75) is 26.6 Å². The molecule has 0 bridgehead atoms. The first kappa shape index (κ1) is 24.4. The van der Waals surface area contributed by atoms with Crippen LogP contribution in [0.2, 0.25) is 0 Å². The summed E-state index contributed by atoms with van der Waals surface area (Å²) in [5.74, 6) is -1.69. The number of halogens is 3. The minimum atomic E-state index is -4.93. The number of anilines is 1. The topological polar surface area (TPSA) is 83.1 Å². The number of methoxy groups -OCH3 is 2. The molecule has 0 spiro atoms. The first-order valence-electron chi connectivity index (χ1n) is 7.52. The number of ether oxygens (including phenoxy) is 2. The molecule has 7 nitrogen and oxygen atoms in total. The molecule has 1 aromatic carbocycles. The van der Waals surface area contributed by atoms with Gasteiger partial charge >= 0.3 is 20.3 Å². The molecule has 1 aromatic rings. The quantitative estimate of drug-likeness (QED) is 0.668. The highest BCUT2D eigenvalue weighted by Gasteiger charge is 2.38. The summed E-state index contributed by atoms with van der Waals surface area (Å²) in [5.41, 5.74) is 0.595. The third-order valence-corrected chi connectivity index (χ3v) is 3.60. The fourth-order valence-electron chi connectivity index (χ4n) is 1.58. The lowest BCUT2D eigenvalue weighted by Crippen LogP contribution is -2.29. The number of benzene rings is 1. The van der Waals surface area contributed by atoms with Crippen LogP contribution in [0, 0.1) is 0 Å². The lowest BCUT2D eigenvalue weighted by atomic mass is 10.2. The van der Waals surface area contributed by atoms with Crippen LogP contribution in [0.1, 0.15) is 19.4 Å². The zero-order valence-electron chi connectivity index (χ0n) is 14.9. The summed E-state index contributed by atoms with van der Waals surface area (Å²) >= 11 is 0. The number of carbonyl (C=O) groups excluding carboxylic acids is 1. The van der Waals surface area contributed by atoms with Crippen LogP contribution in [0.15, 0.2) is 18.2 Å². The Morgan fingerprint density at radius 3 is 2.12 bits per heavy atom. The van der Waals surface area contributed by atoms with Crippen molar-refractivity contribution < 1.29 is 41.1 Å². The van der Waals surface area contributed by atoms with Crippen molar-refractivity contribution in [1.29, 1.82) is 0 Å². The van der Waals surface area contributed by atoms with E-state index >= 15 is 0 Å². The number of amides is 1. The average Bonchev–Trinajstić information content (AvgIpc) is 2.55. The molecule has 1 amide bonds. The zero-order valence-corrected chi connectivity index (χ0v) is 15.9. The molecule has 0 radical (unpaired) electrons. The summed E-state index contributed by atoms with van der Waals surface area (Å²) in [5, 5.41) is 1.76. The molecular weight excluding hydrogens is 378 g/mol. The van der Waals surface area contributed by atoms with Crippen molar-refractivity contribution in [2.24, 2.45) is 0 Å². The third-order valence-electron chi connectivity index (χ3n) is 2.55. The smallest absolute Gasteiger partial charge is 0.471 e. The minimum absolute atomic E-state index is 0.00345. The Bertz CT molecular complexity index is 575. The van der Waals surface area contributed by atoms with E-state index in [1.165, 1.54) is 26.4 Å². The number of carbonyl (C=O) groups is 1. The van der Waals surface area contributed by atoms with Crippen molar-refractivity contribution in [3.05, 3.63) is 23.8 Å². The first-order valence-corrected chi connectivity index (χ1v) is 8.74. The summed E-state index contributed by atoms with van der Waals surface area (Å²) in [7, 11) is 0.687. The molecule has 0 saturated heterocycles. The van der Waals surface area contributed by atoms with Crippen molar-refractivity contribution >= 4 is 19.8 Å². The van der Waals surface area contributed by atoms with Gasteiger partial charge in [0, 0.05) is 18.9 Å². The van der Waals surface area contributed by atoms with E-state index in [-0.39, 0.29) is 12.3 Å². The van der Waals surface area contributed by atoms with Gasteiger partial charge < -0.3 is 23.8 Å². The van der Waals surface area contributed by atoms with Gasteiger partial charge in [0.2, 0.25) is 0 Å². The monoisotopic (exact) mass is 401 g/mol. The fourth-order valence-corrected chi connectivity index (χ4v) is 2.13. The molecule has 150 valence electrons. The van der Waals surface area contributed by atoms with Gasteiger partial charge in [0.05, 0.1) is 26.9 Å². The molecule has 0 heterocycles. The Kier molecular flexibility index (Phi) is 11.9. The van der Waals surface area contributed by atoms with E-state index in [9.17, 15) is 22.5 Å². The Morgan fingerprint density at radius 2 is 1.69 bits per heavy atom. The van der Waals surface area contributed by atoms with Gasteiger partial charge in [0.15, 0.2) is 0 Å². The molecule has 0 aromatic heterocycles. The molecule has 0 aliphatic carbocycles. The maximum atomic E-state index is 12.1. The van der Waals surface area contributed by atoms with E-state index in [1.807, 2.05) is 0 Å². The van der Waals surface area contributed by atoms with Gasteiger partial charge in [-0.15, -0.1) is 0 Å². The maximum absolute atomic E-state index is 12.1. The summed E-state index contributed by atoms with van der Waals surface area (Å²) in [6.45, 7) is 4.67. The zero-order chi connectivity index (χ0) is 20.2. The second kappa shape index (κ2) is 12.7. The van der Waals surface area contributed by atoms with Crippen LogP contribution in [0.3, 0.4) is 0 Å². The molecule has 0 fully saturated rings. The van der Waals surface area contributed by atoms with Crippen molar-refractivity contribution in [1.82, 2.24) is 0 Å². The van der Waals surface area contributed by atoms with E-state index in [0.717, 1.165) is 0 Å². The van der Waals surface area contributed by atoms with Crippen molar-refractivity contribution in [2.75, 3.05) is 32.8 Å². The predicted molar refractivity (Wildman–Crippen MR) is 90.6 cm³/mol. The lowest BCUT2D eigenvalue weighted by Gasteiger charge is -2.11. The lowest BCUT2D eigenvalue weighted by molar-refractivity contribution is -0.167. The Balaban J connectivity index is 0.000000660. The number of hydrogen-bond acceptors (Lipinski definition) is 6. The molecule has 0 aliphatic heterocycles. The Morgan fingerprint density at radius 1 is 1.12 bits per heavy atom. The largest absolute Gasteiger partial charge is 0.497 e. The van der Waals surface area contributed by atoms with Gasteiger partial charge in [-0.1, -0.05) is 0 Å². The first-order chi connectivity index (χ1) is 12.2. The van der Waals surface area contributed by atoms with Crippen LogP contribution < -0.4 is 10.1 Å². The van der Waals surface area contributed by atoms with Crippen molar-refractivity contribution in [3.63, 3.8) is 0 Å². The van der Waals surface area contributed by atoms with Crippen LogP contribution in [-0.2, 0) is 29.8 Å². The van der Waals surface area contributed by atoms with Gasteiger partial charge in [-0.25, -0.2) is 0 Å². The van der Waals surface area contributed by atoms with E-state index in [1.54, 1.807) is 25.2 Å². The summed E-state index contributed by atoms with van der Waals surface area (Å²) in [6.07, 6.45) is -4.93.